The van der Waals surface area contributed by atoms with Crippen molar-refractivity contribution in [2.24, 2.45) is 0 Å². The van der Waals surface area contributed by atoms with Gasteiger partial charge in [0.05, 0.1) is 10.6 Å². The second-order valence-corrected chi connectivity index (χ2v) is 9.21. The number of pyridine rings is 1. The number of hydrogen-bond donors (Lipinski definition) is 4. The first-order valence-electron chi connectivity index (χ1n) is 9.42. The van der Waals surface area contributed by atoms with Crippen molar-refractivity contribution in [3.8, 4) is 0 Å². The molecule has 0 bridgehead atoms. The predicted molar refractivity (Wildman–Crippen MR) is 112 cm³/mol. The smallest absolute Gasteiger partial charge is 0.393 e. The van der Waals surface area contributed by atoms with Gasteiger partial charge in [-0.05, 0) is 46.6 Å². The molecule has 1 aliphatic heterocycles. The van der Waals surface area contributed by atoms with Crippen LogP contribution < -0.4 is 21.7 Å². The number of nitrogens with two attached hydrogens (primary N) is 1. The Labute approximate surface area is 178 Å². The van der Waals surface area contributed by atoms with Crippen molar-refractivity contribution in [3.63, 3.8) is 0 Å². The summed E-state index contributed by atoms with van der Waals surface area (Å²) in [6.45, 7) is 8.54. The Morgan fingerprint density at radius 3 is 2.23 bits per heavy atom. The van der Waals surface area contributed by atoms with Gasteiger partial charge in [-0.2, -0.15) is 13.2 Å². The van der Waals surface area contributed by atoms with Crippen LogP contribution in [0.1, 0.15) is 46.1 Å². The monoisotopic (exact) mass is 443 g/mol. The normalized spacial score (nSPS) is 18.8. The standard InChI is InChI=1S/C19H25ClF3N7/c1-17(2)6-11(7-18(3,4)30-17)28-15-13(24)16(27-9-26-15)29-14-12(20)5-10(8-25-14)19(21,22)23/h5,8-9,11,30H,6-7,24H2,1-4H3,(H2,25,26,27,28,29). The minimum absolute atomic E-state index is 0.0187. The van der Waals surface area contributed by atoms with E-state index >= 15 is 0 Å². The molecule has 0 radical (unpaired) electrons. The summed E-state index contributed by atoms with van der Waals surface area (Å²) in [5, 5.41) is 9.58. The Bertz CT molecular complexity index is 915. The molecule has 0 aliphatic carbocycles. The average molecular weight is 444 g/mol. The number of nitrogen functional groups attached to an aromatic ring is 1. The van der Waals surface area contributed by atoms with E-state index in [0.29, 0.717) is 12.0 Å². The van der Waals surface area contributed by atoms with Crippen LogP contribution >= 0.6 is 11.6 Å². The second-order valence-electron chi connectivity index (χ2n) is 8.80. The molecule has 0 unspecified atom stereocenters. The summed E-state index contributed by atoms with van der Waals surface area (Å²) in [4.78, 5) is 12.1. The number of rotatable bonds is 4. The van der Waals surface area contributed by atoms with Crippen molar-refractivity contribution in [2.45, 2.75) is 63.8 Å². The molecule has 11 heteroatoms. The fourth-order valence-corrected chi connectivity index (χ4v) is 4.24. The molecule has 0 amide bonds. The minimum Gasteiger partial charge on any atom is -0.393 e. The summed E-state index contributed by atoms with van der Waals surface area (Å²) in [7, 11) is 0. The van der Waals surface area contributed by atoms with E-state index in [2.05, 4.69) is 58.6 Å². The van der Waals surface area contributed by atoms with E-state index in [1.807, 2.05) is 0 Å². The largest absolute Gasteiger partial charge is 0.417 e. The lowest BCUT2D eigenvalue weighted by Gasteiger charge is -2.46. The van der Waals surface area contributed by atoms with E-state index in [4.69, 9.17) is 17.3 Å². The molecule has 0 spiro atoms. The number of nitrogens with one attached hydrogen (secondary N) is 3. The molecular formula is C19H25ClF3N7. The third-order valence-electron chi connectivity index (χ3n) is 4.82. The maximum atomic E-state index is 12.8. The Morgan fingerprint density at radius 1 is 1.07 bits per heavy atom. The molecule has 0 atom stereocenters. The molecule has 164 valence electrons. The van der Waals surface area contributed by atoms with E-state index in [9.17, 15) is 13.2 Å². The van der Waals surface area contributed by atoms with Crippen molar-refractivity contribution < 1.29 is 13.2 Å². The highest BCUT2D eigenvalue weighted by Gasteiger charge is 2.38. The van der Waals surface area contributed by atoms with Crippen LogP contribution in [0.25, 0.3) is 0 Å². The van der Waals surface area contributed by atoms with Gasteiger partial charge >= 0.3 is 6.18 Å². The Balaban J connectivity index is 1.80. The predicted octanol–water partition coefficient (Wildman–Crippen LogP) is 4.59. The second kappa shape index (κ2) is 7.73. The highest BCUT2D eigenvalue weighted by Crippen LogP contribution is 2.35. The van der Waals surface area contributed by atoms with Crippen LogP contribution in [0.4, 0.5) is 36.3 Å². The lowest BCUT2D eigenvalue weighted by atomic mass is 9.79. The Morgan fingerprint density at radius 2 is 1.67 bits per heavy atom. The van der Waals surface area contributed by atoms with Crippen molar-refractivity contribution in [3.05, 3.63) is 29.2 Å². The zero-order valence-corrected chi connectivity index (χ0v) is 17.9. The molecule has 0 aromatic carbocycles. The molecule has 2 aromatic heterocycles. The van der Waals surface area contributed by atoms with Gasteiger partial charge in [-0.15, -0.1) is 0 Å². The van der Waals surface area contributed by atoms with E-state index < -0.39 is 11.7 Å². The third-order valence-corrected chi connectivity index (χ3v) is 5.11. The molecule has 1 fully saturated rings. The number of alkyl halides is 3. The third kappa shape index (κ3) is 5.23. The van der Waals surface area contributed by atoms with E-state index in [0.717, 1.165) is 18.9 Å². The van der Waals surface area contributed by atoms with Crippen molar-refractivity contribution in [2.75, 3.05) is 16.4 Å². The van der Waals surface area contributed by atoms with Gasteiger partial charge in [0.15, 0.2) is 11.6 Å². The van der Waals surface area contributed by atoms with Crippen molar-refractivity contribution in [1.29, 1.82) is 0 Å². The summed E-state index contributed by atoms with van der Waals surface area (Å²) in [5.74, 6) is 0.660. The summed E-state index contributed by atoms with van der Waals surface area (Å²) >= 11 is 5.96. The van der Waals surface area contributed by atoms with Crippen LogP contribution in [0, 0.1) is 0 Å². The van der Waals surface area contributed by atoms with Gasteiger partial charge in [0.2, 0.25) is 0 Å². The molecule has 1 saturated heterocycles. The van der Waals surface area contributed by atoms with E-state index in [1.54, 1.807) is 0 Å². The summed E-state index contributed by atoms with van der Waals surface area (Å²) in [5.41, 5.74) is 5.37. The van der Waals surface area contributed by atoms with E-state index in [1.165, 1.54) is 6.33 Å². The first-order chi connectivity index (χ1) is 13.8. The molecule has 2 aromatic rings. The first kappa shape index (κ1) is 22.4. The zero-order valence-electron chi connectivity index (χ0n) is 17.2. The molecule has 5 N–H and O–H groups in total. The number of anilines is 4. The summed E-state index contributed by atoms with van der Waals surface area (Å²) < 4.78 is 38.4. The number of aromatic nitrogens is 3. The van der Waals surface area contributed by atoms with Gasteiger partial charge in [0.25, 0.3) is 0 Å². The van der Waals surface area contributed by atoms with Gasteiger partial charge in [0, 0.05) is 23.3 Å². The molecule has 0 saturated carbocycles. The first-order valence-corrected chi connectivity index (χ1v) is 9.80. The Hall–Kier alpha value is -2.33. The highest BCUT2D eigenvalue weighted by atomic mass is 35.5. The lowest BCUT2D eigenvalue weighted by molar-refractivity contribution is -0.137. The SMILES string of the molecule is CC1(C)CC(Nc2ncnc(Nc3ncc(C(F)(F)F)cc3Cl)c2N)CC(C)(C)N1. The quantitative estimate of drug-likeness (QED) is 0.548. The fraction of sp³-hybridized carbons (Fsp3) is 0.526. The minimum atomic E-state index is -4.53. The van der Waals surface area contributed by atoms with Gasteiger partial charge in [-0.3, -0.25) is 0 Å². The van der Waals surface area contributed by atoms with Crippen LogP contribution in [0.3, 0.4) is 0 Å². The lowest BCUT2D eigenvalue weighted by Crippen LogP contribution is -2.60. The van der Waals surface area contributed by atoms with Crippen LogP contribution in [0.15, 0.2) is 18.6 Å². The van der Waals surface area contributed by atoms with Crippen LogP contribution in [0.5, 0.6) is 0 Å². The zero-order chi connectivity index (χ0) is 22.3. The molecule has 30 heavy (non-hydrogen) atoms. The summed E-state index contributed by atoms with van der Waals surface area (Å²) in [6.07, 6.45) is -0.805. The Kier molecular flexibility index (Phi) is 5.76. The van der Waals surface area contributed by atoms with Gasteiger partial charge in [-0.25, -0.2) is 15.0 Å². The number of piperidine rings is 1. The van der Waals surface area contributed by atoms with Crippen molar-refractivity contribution in [1.82, 2.24) is 20.3 Å². The average Bonchev–Trinajstić information content (AvgIpc) is 2.56. The molecule has 3 rings (SSSR count). The molecule has 7 nitrogen and oxygen atoms in total. The van der Waals surface area contributed by atoms with Crippen molar-refractivity contribution >= 4 is 34.7 Å². The topological polar surface area (TPSA) is 101 Å². The van der Waals surface area contributed by atoms with Gasteiger partial charge in [-0.1, -0.05) is 11.6 Å². The molecule has 3 heterocycles. The van der Waals surface area contributed by atoms with Crippen LogP contribution in [-0.4, -0.2) is 32.1 Å². The van der Waals surface area contributed by atoms with Crippen LogP contribution in [0.2, 0.25) is 5.02 Å². The maximum absolute atomic E-state index is 12.8. The molecule has 1 aliphatic rings. The molecular weight excluding hydrogens is 419 g/mol. The number of hydrogen-bond acceptors (Lipinski definition) is 7. The van der Waals surface area contributed by atoms with Gasteiger partial charge in [0.1, 0.15) is 17.8 Å². The van der Waals surface area contributed by atoms with Crippen LogP contribution in [-0.2, 0) is 6.18 Å². The number of nitrogens with zero attached hydrogens (tertiary/aromatic N) is 3. The fourth-order valence-electron chi connectivity index (χ4n) is 4.02. The number of halogens is 4. The maximum Gasteiger partial charge on any atom is 0.417 e. The van der Waals surface area contributed by atoms with E-state index in [-0.39, 0.29) is 39.5 Å². The van der Waals surface area contributed by atoms with Gasteiger partial charge < -0.3 is 21.7 Å². The summed E-state index contributed by atoms with van der Waals surface area (Å²) in [6, 6.07) is 0.918. The highest BCUT2D eigenvalue weighted by molar-refractivity contribution is 6.33.